The molecule has 15 aliphatic carbocycles. The minimum atomic E-state index is -2.56. The van der Waals surface area contributed by atoms with Crippen molar-refractivity contribution < 1.29 is 16.4 Å². The zero-order valence-corrected chi connectivity index (χ0v) is 43.6. The van der Waals surface area contributed by atoms with Crippen molar-refractivity contribution in [2.45, 2.75) is 161 Å². The Labute approximate surface area is 464 Å². The molecule has 75 heavy (non-hydrogen) atoms. The number of aromatic nitrogens is 3. The van der Waals surface area contributed by atoms with Gasteiger partial charge in [0.05, 0.1) is 17.1 Å². The topological polar surface area (TPSA) is 38.7 Å². The van der Waals surface area contributed by atoms with Crippen molar-refractivity contribution in [2.24, 2.45) is 44.3 Å². The maximum atomic E-state index is 10.6. The molecule has 20 bridgehead atoms. The fraction of sp³-hybridized carbons (Fsp3) is 0.458. The molecule has 0 radical (unpaired) electrons. The smallest absolute Gasteiger partial charge is 0.0708 e. The minimum absolute atomic E-state index is 0.00178. The molecule has 380 valence electrons. The van der Waals surface area contributed by atoms with E-state index >= 15 is 0 Å². The molecule has 0 amide bonds. The lowest BCUT2D eigenvalue weighted by Crippen LogP contribution is -2.57. The van der Waals surface area contributed by atoms with Gasteiger partial charge >= 0.3 is 0 Å². The summed E-state index contributed by atoms with van der Waals surface area (Å²) in [5.41, 5.74) is 6.07. The van der Waals surface area contributed by atoms with E-state index in [0.29, 0.717) is 93.1 Å². The second-order valence-electron chi connectivity index (χ2n) is 25.9. The van der Waals surface area contributed by atoms with Crippen molar-refractivity contribution in [1.29, 1.82) is 0 Å². The summed E-state index contributed by atoms with van der Waals surface area (Å²) in [6.45, 7) is 2.04. The van der Waals surface area contributed by atoms with Gasteiger partial charge in [0, 0.05) is 51.7 Å². The van der Waals surface area contributed by atoms with E-state index in [9.17, 15) is 16.4 Å². The summed E-state index contributed by atoms with van der Waals surface area (Å²) < 4.78 is 124. The van der Waals surface area contributed by atoms with Gasteiger partial charge in [-0.2, -0.15) is 0 Å². The first kappa shape index (κ1) is 35.6. The zero-order chi connectivity index (χ0) is 60.6. The Morgan fingerprint density at radius 2 is 0.773 bits per heavy atom. The average molecular weight is 997 g/mol. The molecule has 7 aromatic rings. The molecule has 17 heterocycles. The first-order valence-electron chi connectivity index (χ1n) is 34.4. The first-order chi connectivity index (χ1) is 41.1. The number of hydrogen-bond donors (Lipinski definition) is 0. The summed E-state index contributed by atoms with van der Waals surface area (Å²) in [6.07, 6.45) is 1.23. The molecule has 8 saturated carbocycles. The van der Waals surface area contributed by atoms with Crippen LogP contribution in [-0.2, 0) is 38.4 Å². The van der Waals surface area contributed by atoms with Crippen LogP contribution in [0.2, 0.25) is 0 Å². The van der Waals surface area contributed by atoms with Crippen LogP contribution in [0.15, 0.2) is 146 Å². The molecule has 3 aromatic heterocycles. The van der Waals surface area contributed by atoms with Crippen LogP contribution in [0.4, 0.5) is 0 Å². The molecule has 36 rings (SSSR count). The SMILES string of the molecule is [2H]C1([2H])Cc2ccc(nc2)-c2ccc(cc2)C([2H])([2H])C([2H])([2H])C23CC4CC5(CCc6ccc(cc6)-c6ccc(cn6)CCC67CC8CC1(C6)CC(C8)(C7)C([2H])([2H])Cc1cnc(cc1-c1ccc(C)cc1)-c1ccc(cc1)C([2H])([2H])C([2H])([2H])C(C4)(C5)C2)C3. The van der Waals surface area contributed by atoms with Gasteiger partial charge in [0.1, 0.15) is 0 Å². The van der Waals surface area contributed by atoms with Gasteiger partial charge in [0.15, 0.2) is 0 Å². The van der Waals surface area contributed by atoms with Crippen molar-refractivity contribution in [2.75, 3.05) is 0 Å². The van der Waals surface area contributed by atoms with Crippen LogP contribution in [0.1, 0.15) is 171 Å². The number of aryl methyl sites for hydroxylation is 7. The fourth-order valence-corrected chi connectivity index (χ4v) is 17.8. The van der Waals surface area contributed by atoms with Gasteiger partial charge in [0.25, 0.3) is 0 Å². The summed E-state index contributed by atoms with van der Waals surface area (Å²) in [7, 11) is 0. The number of rotatable bonds is 1. The highest BCUT2D eigenvalue weighted by molar-refractivity contribution is 5.73. The Bertz CT molecular complexity index is 3830. The number of hydrogen-bond acceptors (Lipinski definition) is 3. The Kier molecular flexibility index (Phi) is 8.40. The third-order valence-electron chi connectivity index (χ3n) is 20.1. The molecule has 3 nitrogen and oxygen atoms in total. The molecule has 14 aliphatic heterocycles. The van der Waals surface area contributed by atoms with E-state index in [4.69, 9.17) is 15.0 Å². The van der Waals surface area contributed by atoms with E-state index in [0.717, 1.165) is 75.9 Å². The first-order valence-corrected chi connectivity index (χ1v) is 28.4. The highest BCUT2D eigenvalue weighted by atomic mass is 14.7. The second-order valence-corrected chi connectivity index (χ2v) is 25.9. The molecule has 8 atom stereocenters. The molecule has 6 spiro atoms. The van der Waals surface area contributed by atoms with E-state index in [1.807, 2.05) is 49.6 Å². The fourth-order valence-electron chi connectivity index (χ4n) is 17.8. The minimum Gasteiger partial charge on any atom is -0.256 e. The third-order valence-corrected chi connectivity index (χ3v) is 20.1. The summed E-state index contributed by atoms with van der Waals surface area (Å²) in [4.78, 5) is 15.0. The lowest BCUT2D eigenvalue weighted by molar-refractivity contribution is -0.167. The van der Waals surface area contributed by atoms with E-state index in [1.54, 1.807) is 42.6 Å². The van der Waals surface area contributed by atoms with Gasteiger partial charge in [-0.25, -0.2) is 0 Å². The van der Waals surface area contributed by atoms with Crippen molar-refractivity contribution in [3.63, 3.8) is 0 Å². The van der Waals surface area contributed by atoms with Crippen molar-refractivity contribution in [3.8, 4) is 44.9 Å². The quantitative estimate of drug-likeness (QED) is 0.165. The molecule has 8 unspecified atom stereocenters. The van der Waals surface area contributed by atoms with Gasteiger partial charge in [-0.05, 0) is 268 Å². The van der Waals surface area contributed by atoms with Gasteiger partial charge < -0.3 is 0 Å². The summed E-state index contributed by atoms with van der Waals surface area (Å²) in [6, 6.07) is 40.7. The highest BCUT2D eigenvalue weighted by Gasteiger charge is 2.63. The molecule has 4 aromatic carbocycles. The number of pyridine rings is 3. The molecule has 29 aliphatic rings. The predicted molar refractivity (Wildman–Crippen MR) is 306 cm³/mol. The van der Waals surface area contributed by atoms with Crippen molar-refractivity contribution in [3.05, 3.63) is 185 Å². The van der Waals surface area contributed by atoms with Crippen molar-refractivity contribution in [1.82, 2.24) is 15.0 Å². The van der Waals surface area contributed by atoms with Crippen molar-refractivity contribution >= 4 is 0 Å². The average Bonchev–Trinajstić information content (AvgIpc) is 0.679. The Morgan fingerprint density at radius 3 is 1.29 bits per heavy atom. The Balaban J connectivity index is 0.929. The second kappa shape index (κ2) is 17.7. The molecule has 8 fully saturated rings. The van der Waals surface area contributed by atoms with Crippen LogP contribution in [0.25, 0.3) is 44.9 Å². The third kappa shape index (κ3) is 8.75. The number of nitrogens with zero attached hydrogens (tertiary/aromatic N) is 3. The van der Waals surface area contributed by atoms with Crippen LogP contribution < -0.4 is 0 Å². The van der Waals surface area contributed by atoms with Crippen LogP contribution in [0, 0.1) is 51.2 Å². The standard InChI is InChI=1S/C72H77N3/c1-50-2-12-58(13-3-50)63-34-66-61-18-8-53(9-19-61)24-30-69-37-56-35-67(45-69)28-22-51-4-14-59(15-5-51)64-20-10-54(41-73-64)25-31-70-38-57-39-71(47-70,49-72(40-57,48-70)33-27-62(63)43-75-66)32-26-55-11-21-65(74-42-55)60-16-6-52(7-17-60)23-29-68(36-56,44-67)46-69/h2-21,34,41-43,56-57H,22-33,35-40,44-49H2,1H3/i22D2,24D2,28D2,30D2,31D2,33D2. The molecular weight excluding hydrogens is 907 g/mol. The highest BCUT2D eigenvalue weighted by Crippen LogP contribution is 2.74. The molecule has 0 saturated heterocycles. The lowest BCUT2D eigenvalue weighted by Gasteiger charge is -2.67. The van der Waals surface area contributed by atoms with Crippen LogP contribution in [0.5, 0.6) is 0 Å². The maximum absolute atomic E-state index is 10.6. The monoisotopic (exact) mass is 996 g/mol. The van der Waals surface area contributed by atoms with Crippen LogP contribution >= 0.6 is 0 Å². The summed E-state index contributed by atoms with van der Waals surface area (Å²) in [5.74, 6) is -0.0236. The number of benzene rings is 4. The lowest BCUT2D eigenvalue weighted by atomic mass is 9.37. The molecular formula is C72H77N3. The van der Waals surface area contributed by atoms with E-state index in [-0.39, 0.29) is 47.6 Å². The van der Waals surface area contributed by atoms with Gasteiger partial charge in [-0.3, -0.25) is 15.0 Å². The summed E-state index contributed by atoms with van der Waals surface area (Å²) in [5, 5.41) is 0. The van der Waals surface area contributed by atoms with Gasteiger partial charge in [-0.15, -0.1) is 0 Å². The van der Waals surface area contributed by atoms with E-state index < -0.39 is 65.3 Å². The molecule has 3 heteroatoms. The van der Waals surface area contributed by atoms with E-state index in [1.165, 1.54) is 0 Å². The normalized spacial score (nSPS) is 38.8. The zero-order valence-electron chi connectivity index (χ0n) is 55.6. The Morgan fingerprint density at radius 1 is 0.373 bits per heavy atom. The Hall–Kier alpha value is -5.67. The largest absolute Gasteiger partial charge is 0.256 e. The maximum Gasteiger partial charge on any atom is 0.0708 e. The predicted octanol–water partition coefficient (Wildman–Crippen LogP) is 17.8. The van der Waals surface area contributed by atoms with Crippen LogP contribution in [0.3, 0.4) is 0 Å². The summed E-state index contributed by atoms with van der Waals surface area (Å²) >= 11 is 0. The van der Waals surface area contributed by atoms with Gasteiger partial charge in [-0.1, -0.05) is 115 Å². The van der Waals surface area contributed by atoms with Gasteiger partial charge in [0.2, 0.25) is 0 Å². The van der Waals surface area contributed by atoms with E-state index in [2.05, 4.69) is 60.7 Å². The van der Waals surface area contributed by atoms with Crippen LogP contribution in [-0.4, -0.2) is 15.0 Å². The molecule has 0 N–H and O–H groups in total.